The van der Waals surface area contributed by atoms with Crippen molar-refractivity contribution in [3.8, 4) is 0 Å². The second kappa shape index (κ2) is 5.59. The summed E-state index contributed by atoms with van der Waals surface area (Å²) in [5, 5.41) is -0.306. The Kier molecular flexibility index (Phi) is 4.33. The Morgan fingerprint density at radius 3 is 2.38 bits per heavy atom. The van der Waals surface area contributed by atoms with Gasteiger partial charge in [-0.25, -0.2) is 8.42 Å². The molecule has 0 aromatic heterocycles. The van der Waals surface area contributed by atoms with Gasteiger partial charge in [0.05, 0.1) is 11.9 Å². The van der Waals surface area contributed by atoms with Gasteiger partial charge in [-0.3, -0.25) is 4.79 Å². The van der Waals surface area contributed by atoms with Crippen molar-refractivity contribution >= 4 is 27.4 Å². The topological polar surface area (TPSA) is 86.5 Å². The van der Waals surface area contributed by atoms with E-state index in [-0.39, 0.29) is 13.2 Å². The lowest BCUT2D eigenvalue weighted by Crippen LogP contribution is -2.33. The minimum absolute atomic E-state index is 0.0726. The summed E-state index contributed by atoms with van der Waals surface area (Å²) in [6, 6.07) is 6.78. The number of carbonyl (C=O) groups excluding carboxylic acids is 1. The molecule has 1 aliphatic carbocycles. The molecule has 0 aliphatic heterocycles. The third-order valence-corrected chi connectivity index (χ3v) is 5.81. The molecule has 116 valence electrons. The summed E-state index contributed by atoms with van der Waals surface area (Å²) in [7, 11) is -3.43. The van der Waals surface area contributed by atoms with E-state index in [1.54, 1.807) is 31.2 Å². The van der Waals surface area contributed by atoms with E-state index in [0.29, 0.717) is 5.02 Å². The van der Waals surface area contributed by atoms with Crippen molar-refractivity contribution in [2.24, 2.45) is 11.1 Å². The molecule has 7 heteroatoms. The molecule has 1 fully saturated rings. The Balaban J connectivity index is 2.47. The molecule has 0 heterocycles. The minimum Gasteiger partial charge on any atom is -0.465 e. The smallest absolute Gasteiger partial charge is 0.315 e. The predicted molar refractivity (Wildman–Crippen MR) is 80.9 cm³/mol. The van der Waals surface area contributed by atoms with E-state index < -0.39 is 32.4 Å². The molecule has 0 bridgehead atoms. The number of sulfone groups is 1. The van der Waals surface area contributed by atoms with Crippen LogP contribution in [-0.4, -0.2) is 39.0 Å². The number of halogens is 1. The van der Waals surface area contributed by atoms with Crippen LogP contribution in [-0.2, 0) is 19.4 Å². The highest BCUT2D eigenvalue weighted by atomic mass is 35.5. The summed E-state index contributed by atoms with van der Waals surface area (Å²) in [5.41, 5.74) is 5.29. The number of carbonyl (C=O) groups is 1. The zero-order valence-electron chi connectivity index (χ0n) is 11.9. The van der Waals surface area contributed by atoms with E-state index in [1.807, 2.05) is 0 Å². The van der Waals surface area contributed by atoms with Gasteiger partial charge in [0.2, 0.25) is 0 Å². The van der Waals surface area contributed by atoms with Crippen molar-refractivity contribution in [3.05, 3.63) is 34.9 Å². The fraction of sp³-hybridized carbons (Fsp3) is 0.500. The largest absolute Gasteiger partial charge is 0.465 e. The molecule has 5 nitrogen and oxygen atoms in total. The summed E-state index contributed by atoms with van der Waals surface area (Å²) < 4.78 is 29.1. The molecule has 2 N–H and O–H groups in total. The Morgan fingerprint density at radius 1 is 1.38 bits per heavy atom. The maximum Gasteiger partial charge on any atom is 0.315 e. The van der Waals surface area contributed by atoms with Crippen LogP contribution in [0.5, 0.6) is 0 Å². The van der Waals surface area contributed by atoms with Crippen LogP contribution in [0.2, 0.25) is 5.02 Å². The number of nitrogens with two attached hydrogens (primary N) is 1. The van der Waals surface area contributed by atoms with Crippen molar-refractivity contribution in [1.29, 1.82) is 0 Å². The van der Waals surface area contributed by atoms with Gasteiger partial charge in [0.1, 0.15) is 5.41 Å². The Hall–Kier alpha value is -1.11. The van der Waals surface area contributed by atoms with E-state index in [0.717, 1.165) is 11.8 Å². The van der Waals surface area contributed by atoms with Crippen LogP contribution >= 0.6 is 11.6 Å². The second-order valence-electron chi connectivity index (χ2n) is 5.24. The molecule has 2 rings (SSSR count). The van der Waals surface area contributed by atoms with Gasteiger partial charge in [0.25, 0.3) is 0 Å². The number of hydrogen-bond acceptors (Lipinski definition) is 5. The van der Waals surface area contributed by atoms with Gasteiger partial charge in [-0.05, 0) is 24.6 Å². The van der Waals surface area contributed by atoms with Gasteiger partial charge in [0.15, 0.2) is 9.84 Å². The van der Waals surface area contributed by atoms with E-state index in [2.05, 4.69) is 0 Å². The average Bonchev–Trinajstić information content (AvgIpc) is 3.10. The van der Waals surface area contributed by atoms with Crippen LogP contribution in [0.15, 0.2) is 24.3 Å². The number of rotatable bonds is 5. The lowest BCUT2D eigenvalue weighted by Gasteiger charge is -2.14. The molecule has 1 aliphatic rings. The molecular formula is C14H18ClNO4S. The monoisotopic (exact) mass is 331 g/mol. The first kappa shape index (κ1) is 16.3. The molecule has 3 atom stereocenters. The standard InChI is InChI=1S/C14H18ClNO4S/c1-3-20-13(17)14(8-16)11(12(14)21(2,18)19)9-4-6-10(15)7-5-9/h4-7,11-12H,3,8,16H2,1-2H3/t11-,12+,14+/m1/s1. The average molecular weight is 332 g/mol. The summed E-state index contributed by atoms with van der Waals surface area (Å²) in [4.78, 5) is 12.3. The van der Waals surface area contributed by atoms with Gasteiger partial charge in [-0.15, -0.1) is 0 Å². The van der Waals surface area contributed by atoms with Crippen LogP contribution in [0.1, 0.15) is 18.4 Å². The van der Waals surface area contributed by atoms with Crippen molar-refractivity contribution in [1.82, 2.24) is 0 Å². The van der Waals surface area contributed by atoms with Crippen molar-refractivity contribution in [3.63, 3.8) is 0 Å². The molecule has 0 unspecified atom stereocenters. The highest BCUT2D eigenvalue weighted by molar-refractivity contribution is 7.91. The predicted octanol–water partition coefficient (Wildman–Crippen LogP) is 1.36. The molecule has 21 heavy (non-hydrogen) atoms. The Labute approximate surface area is 129 Å². The van der Waals surface area contributed by atoms with Crippen molar-refractivity contribution in [2.45, 2.75) is 18.1 Å². The normalized spacial score (nSPS) is 28.2. The molecule has 1 aromatic carbocycles. The number of hydrogen-bond donors (Lipinski definition) is 1. The second-order valence-corrected chi connectivity index (χ2v) is 7.85. The Morgan fingerprint density at radius 2 is 1.95 bits per heavy atom. The molecule has 0 amide bonds. The highest BCUT2D eigenvalue weighted by Crippen LogP contribution is 2.62. The molecular weight excluding hydrogens is 314 g/mol. The van der Waals surface area contributed by atoms with Crippen molar-refractivity contribution in [2.75, 3.05) is 19.4 Å². The molecule has 0 spiro atoms. The van der Waals surface area contributed by atoms with Gasteiger partial charge in [-0.1, -0.05) is 23.7 Å². The maximum atomic E-state index is 12.3. The van der Waals surface area contributed by atoms with E-state index in [1.165, 1.54) is 0 Å². The first-order chi connectivity index (χ1) is 9.79. The van der Waals surface area contributed by atoms with E-state index in [4.69, 9.17) is 22.1 Å². The molecule has 0 saturated heterocycles. The zero-order valence-corrected chi connectivity index (χ0v) is 13.4. The van der Waals surface area contributed by atoms with Crippen molar-refractivity contribution < 1.29 is 17.9 Å². The number of benzene rings is 1. The van der Waals surface area contributed by atoms with Gasteiger partial charge >= 0.3 is 5.97 Å². The van der Waals surface area contributed by atoms with E-state index >= 15 is 0 Å². The van der Waals surface area contributed by atoms with Crippen LogP contribution in [0, 0.1) is 5.41 Å². The lowest BCUT2D eigenvalue weighted by molar-refractivity contribution is -0.149. The summed E-state index contributed by atoms with van der Waals surface area (Å²) >= 11 is 5.85. The quantitative estimate of drug-likeness (QED) is 0.823. The van der Waals surface area contributed by atoms with Crippen LogP contribution in [0.4, 0.5) is 0 Å². The zero-order chi connectivity index (χ0) is 15.8. The number of esters is 1. The van der Waals surface area contributed by atoms with Gasteiger partial charge < -0.3 is 10.5 Å². The van der Waals surface area contributed by atoms with E-state index in [9.17, 15) is 13.2 Å². The minimum atomic E-state index is -3.43. The summed E-state index contributed by atoms with van der Waals surface area (Å²) in [6.07, 6.45) is 1.12. The Bertz CT molecular complexity index is 643. The fourth-order valence-electron chi connectivity index (χ4n) is 3.01. The first-order valence-electron chi connectivity index (χ1n) is 6.60. The fourth-order valence-corrected chi connectivity index (χ4v) is 5.06. The summed E-state index contributed by atoms with van der Waals surface area (Å²) in [5.74, 6) is -1.04. The van der Waals surface area contributed by atoms with Crippen LogP contribution in [0.25, 0.3) is 0 Å². The van der Waals surface area contributed by atoms with Crippen LogP contribution < -0.4 is 5.73 Å². The summed E-state index contributed by atoms with van der Waals surface area (Å²) in [6.45, 7) is 1.79. The number of ether oxygens (including phenoxy) is 1. The first-order valence-corrected chi connectivity index (χ1v) is 8.94. The van der Waals surface area contributed by atoms with Gasteiger partial charge in [-0.2, -0.15) is 0 Å². The third-order valence-electron chi connectivity index (χ3n) is 3.94. The molecule has 0 radical (unpaired) electrons. The highest BCUT2D eigenvalue weighted by Gasteiger charge is 2.74. The molecule has 1 aromatic rings. The van der Waals surface area contributed by atoms with Crippen LogP contribution in [0.3, 0.4) is 0 Å². The maximum absolute atomic E-state index is 12.3. The lowest BCUT2D eigenvalue weighted by atomic mass is 9.99. The third kappa shape index (κ3) is 2.67. The SMILES string of the molecule is CCOC(=O)[C@@]1(CN)[C@H](c2ccc(Cl)cc2)[C@@H]1S(C)(=O)=O. The van der Waals surface area contributed by atoms with Gasteiger partial charge in [0, 0.05) is 23.7 Å². The molecule has 1 saturated carbocycles.